The largest absolute Gasteiger partial charge is 0.477 e. The van der Waals surface area contributed by atoms with Crippen molar-refractivity contribution in [1.82, 2.24) is 4.31 Å². The molecule has 0 saturated heterocycles. The number of methoxy groups -OCH3 is 2. The Balaban J connectivity index is 2.92. The Morgan fingerprint density at radius 1 is 1.29 bits per heavy atom. The number of carboxylic acids is 1. The summed E-state index contributed by atoms with van der Waals surface area (Å²) < 4.78 is 36.2. The van der Waals surface area contributed by atoms with Crippen LogP contribution in [0, 0.1) is 0 Å². The van der Waals surface area contributed by atoms with E-state index < -0.39 is 16.0 Å². The van der Waals surface area contributed by atoms with Crippen LogP contribution in [0.5, 0.6) is 0 Å². The molecule has 0 spiro atoms. The normalized spacial score (nSPS) is 12.0. The summed E-state index contributed by atoms with van der Waals surface area (Å²) in [5, 5.41) is 10.2. The minimum absolute atomic E-state index is 0.00146. The minimum atomic E-state index is -3.72. The van der Waals surface area contributed by atoms with Crippen molar-refractivity contribution >= 4 is 27.3 Å². The third-order valence-electron chi connectivity index (χ3n) is 2.72. The number of rotatable bonds is 10. The monoisotopic (exact) mass is 337 g/mol. The maximum atomic E-state index is 12.5. The summed E-state index contributed by atoms with van der Waals surface area (Å²) in [6.07, 6.45) is 0.551. The SMILES string of the molecule is COCCCN(CCOC)S(=O)(=O)c1csc(C(=O)O)c1. The molecule has 0 amide bonds. The van der Waals surface area contributed by atoms with E-state index in [9.17, 15) is 13.2 Å². The molecule has 1 rings (SSSR count). The zero-order chi connectivity index (χ0) is 15.9. The highest BCUT2D eigenvalue weighted by molar-refractivity contribution is 7.89. The molecule has 0 aromatic carbocycles. The Hall–Kier alpha value is -1.00. The molecule has 1 aromatic heterocycles. The van der Waals surface area contributed by atoms with E-state index in [1.807, 2.05) is 0 Å². The predicted molar refractivity (Wildman–Crippen MR) is 78.4 cm³/mol. The van der Waals surface area contributed by atoms with E-state index in [1.54, 1.807) is 7.11 Å². The fourth-order valence-electron chi connectivity index (χ4n) is 1.65. The van der Waals surface area contributed by atoms with Crippen molar-refractivity contribution < 1.29 is 27.8 Å². The first-order valence-electron chi connectivity index (χ1n) is 6.23. The Kier molecular flexibility index (Phi) is 7.26. The van der Waals surface area contributed by atoms with E-state index in [0.717, 1.165) is 11.3 Å². The van der Waals surface area contributed by atoms with E-state index in [4.69, 9.17) is 14.6 Å². The zero-order valence-electron chi connectivity index (χ0n) is 11.9. The molecule has 0 bridgehead atoms. The molecule has 0 aliphatic rings. The lowest BCUT2D eigenvalue weighted by Crippen LogP contribution is -2.35. The minimum Gasteiger partial charge on any atom is -0.477 e. The van der Waals surface area contributed by atoms with Gasteiger partial charge in [-0.2, -0.15) is 4.31 Å². The summed E-state index contributed by atoms with van der Waals surface area (Å²) in [7, 11) is -0.681. The van der Waals surface area contributed by atoms with Crippen LogP contribution < -0.4 is 0 Å². The van der Waals surface area contributed by atoms with Crippen molar-refractivity contribution in [3.05, 3.63) is 16.3 Å². The van der Waals surface area contributed by atoms with E-state index in [0.29, 0.717) is 13.0 Å². The van der Waals surface area contributed by atoms with Gasteiger partial charge in [-0.1, -0.05) is 0 Å². The summed E-state index contributed by atoms with van der Waals surface area (Å²) in [6, 6.07) is 1.18. The molecule has 120 valence electrons. The highest BCUT2D eigenvalue weighted by Crippen LogP contribution is 2.23. The topological polar surface area (TPSA) is 93.1 Å². The average Bonchev–Trinajstić information content (AvgIpc) is 2.93. The molecule has 7 nitrogen and oxygen atoms in total. The number of ether oxygens (including phenoxy) is 2. The van der Waals surface area contributed by atoms with Crippen molar-refractivity contribution in [1.29, 1.82) is 0 Å². The maximum Gasteiger partial charge on any atom is 0.345 e. The third kappa shape index (κ3) is 5.04. The van der Waals surface area contributed by atoms with Crippen molar-refractivity contribution in [2.24, 2.45) is 0 Å². The molecule has 0 aliphatic heterocycles. The Labute approximate surface area is 128 Å². The van der Waals surface area contributed by atoms with E-state index >= 15 is 0 Å². The van der Waals surface area contributed by atoms with E-state index in [1.165, 1.54) is 22.9 Å². The molecule has 1 aromatic rings. The van der Waals surface area contributed by atoms with Gasteiger partial charge in [-0.25, -0.2) is 13.2 Å². The van der Waals surface area contributed by atoms with Crippen LogP contribution in [0.1, 0.15) is 16.1 Å². The molecule has 1 heterocycles. The first-order valence-corrected chi connectivity index (χ1v) is 8.55. The van der Waals surface area contributed by atoms with Gasteiger partial charge in [0.25, 0.3) is 0 Å². The lowest BCUT2D eigenvalue weighted by Gasteiger charge is -2.21. The standard InChI is InChI=1S/C12H19NO6S2/c1-18-6-3-4-13(5-7-19-2)21(16,17)10-8-11(12(14)15)20-9-10/h8-9H,3-7H2,1-2H3,(H,14,15). The molecule has 0 aliphatic carbocycles. The first kappa shape index (κ1) is 18.1. The van der Waals surface area contributed by atoms with Crippen LogP contribution in [0.2, 0.25) is 0 Å². The first-order chi connectivity index (χ1) is 9.93. The van der Waals surface area contributed by atoms with Gasteiger partial charge in [0.05, 0.1) is 11.5 Å². The van der Waals surface area contributed by atoms with E-state index in [-0.39, 0.29) is 29.5 Å². The fraction of sp³-hybridized carbons (Fsp3) is 0.583. The summed E-state index contributed by atoms with van der Waals surface area (Å²) in [6.45, 7) is 1.21. The molecule has 0 saturated carbocycles. The summed E-state index contributed by atoms with van der Waals surface area (Å²) in [5.74, 6) is -1.13. The highest BCUT2D eigenvalue weighted by atomic mass is 32.2. The van der Waals surface area contributed by atoms with Crippen LogP contribution in [0.3, 0.4) is 0 Å². The van der Waals surface area contributed by atoms with Gasteiger partial charge in [-0.15, -0.1) is 11.3 Å². The molecule has 0 fully saturated rings. The molecule has 21 heavy (non-hydrogen) atoms. The molecule has 1 N–H and O–H groups in total. The molecular formula is C12H19NO6S2. The van der Waals surface area contributed by atoms with Crippen molar-refractivity contribution in [2.45, 2.75) is 11.3 Å². The van der Waals surface area contributed by atoms with Gasteiger partial charge >= 0.3 is 5.97 Å². The highest BCUT2D eigenvalue weighted by Gasteiger charge is 2.26. The summed E-state index contributed by atoms with van der Waals surface area (Å²) >= 11 is 0.893. The second-order valence-electron chi connectivity index (χ2n) is 4.20. The zero-order valence-corrected chi connectivity index (χ0v) is 13.6. The molecule has 0 unspecified atom stereocenters. The van der Waals surface area contributed by atoms with Gasteiger partial charge in [0.2, 0.25) is 10.0 Å². The van der Waals surface area contributed by atoms with Crippen molar-refractivity contribution in [3.8, 4) is 0 Å². The number of thiophene rings is 1. The van der Waals surface area contributed by atoms with Crippen LogP contribution in [0.15, 0.2) is 16.3 Å². The van der Waals surface area contributed by atoms with E-state index in [2.05, 4.69) is 0 Å². The van der Waals surface area contributed by atoms with Crippen LogP contribution in [0.4, 0.5) is 0 Å². The number of carboxylic acid groups (broad SMARTS) is 1. The maximum absolute atomic E-state index is 12.5. The summed E-state index contributed by atoms with van der Waals surface area (Å²) in [5.41, 5.74) is 0. The van der Waals surface area contributed by atoms with Crippen LogP contribution in [-0.4, -0.2) is 64.3 Å². The van der Waals surface area contributed by atoms with Gasteiger partial charge in [0.1, 0.15) is 4.88 Å². The van der Waals surface area contributed by atoms with Gasteiger partial charge < -0.3 is 14.6 Å². The molecule has 9 heteroatoms. The smallest absolute Gasteiger partial charge is 0.345 e. The van der Waals surface area contributed by atoms with Crippen LogP contribution in [0.25, 0.3) is 0 Å². The second-order valence-corrected chi connectivity index (χ2v) is 7.04. The van der Waals surface area contributed by atoms with Crippen LogP contribution >= 0.6 is 11.3 Å². The Morgan fingerprint density at radius 3 is 2.48 bits per heavy atom. The number of sulfonamides is 1. The quantitative estimate of drug-likeness (QED) is 0.643. The van der Waals surface area contributed by atoms with Crippen molar-refractivity contribution in [3.63, 3.8) is 0 Å². The Bertz CT molecular complexity index is 554. The van der Waals surface area contributed by atoms with Gasteiger partial charge in [-0.3, -0.25) is 0 Å². The predicted octanol–water partition coefficient (Wildman–Crippen LogP) is 1.12. The second kappa shape index (κ2) is 8.44. The van der Waals surface area contributed by atoms with Gasteiger partial charge in [0, 0.05) is 39.3 Å². The number of aromatic carboxylic acids is 1. The molecular weight excluding hydrogens is 318 g/mol. The van der Waals surface area contributed by atoms with Crippen LogP contribution in [-0.2, 0) is 19.5 Å². The molecule has 0 atom stereocenters. The number of hydrogen-bond donors (Lipinski definition) is 1. The van der Waals surface area contributed by atoms with Gasteiger partial charge in [-0.05, 0) is 12.5 Å². The lowest BCUT2D eigenvalue weighted by molar-refractivity contribution is 0.0702. The lowest BCUT2D eigenvalue weighted by atomic mass is 10.4. The Morgan fingerprint density at radius 2 is 1.95 bits per heavy atom. The summed E-state index contributed by atoms with van der Waals surface area (Å²) in [4.78, 5) is 10.9. The van der Waals surface area contributed by atoms with Crippen molar-refractivity contribution in [2.75, 3.05) is 40.5 Å². The fourth-order valence-corrected chi connectivity index (χ4v) is 4.21. The third-order valence-corrected chi connectivity index (χ3v) is 5.67. The molecule has 0 radical (unpaired) electrons. The van der Waals surface area contributed by atoms with Gasteiger partial charge in [0.15, 0.2) is 0 Å². The number of carbonyl (C=O) groups is 1. The average molecular weight is 337 g/mol. The number of hydrogen-bond acceptors (Lipinski definition) is 6. The number of nitrogens with zero attached hydrogens (tertiary/aromatic N) is 1.